The molecule has 5 heteroatoms. The molecule has 4 aliphatic carbocycles. The summed E-state index contributed by atoms with van der Waals surface area (Å²) in [5.41, 5.74) is 1.46. The number of rotatable bonds is 4. The molecule has 1 aromatic rings. The van der Waals surface area contributed by atoms with E-state index in [1.165, 1.54) is 49.9 Å². The normalized spacial score (nSPS) is 35.8. The van der Waals surface area contributed by atoms with Gasteiger partial charge in [-0.25, -0.2) is 0 Å². The second-order valence-corrected chi connectivity index (χ2v) is 9.71. The van der Waals surface area contributed by atoms with Crippen LogP contribution in [0.25, 0.3) is 0 Å². The summed E-state index contributed by atoms with van der Waals surface area (Å²) >= 11 is 6.67. The van der Waals surface area contributed by atoms with E-state index >= 15 is 0 Å². The highest BCUT2D eigenvalue weighted by Crippen LogP contribution is 2.59. The lowest BCUT2D eigenvalue weighted by Crippen LogP contribution is -2.51. The Bertz CT molecular complexity index is 610. The Labute approximate surface area is 140 Å². The molecule has 1 amide bonds. The van der Waals surface area contributed by atoms with Gasteiger partial charge in [0.05, 0.1) is 6.42 Å². The zero-order chi connectivity index (χ0) is 15.3. The first-order valence-corrected chi connectivity index (χ1v) is 9.69. The first kappa shape index (κ1) is 14.9. The van der Waals surface area contributed by atoms with Crippen molar-refractivity contribution in [3.8, 4) is 0 Å². The second kappa shape index (κ2) is 5.45. The van der Waals surface area contributed by atoms with Crippen LogP contribution >= 0.6 is 23.6 Å². The Balaban J connectivity index is 1.37. The van der Waals surface area contributed by atoms with Crippen molar-refractivity contribution < 1.29 is 4.79 Å². The molecule has 0 aliphatic heterocycles. The van der Waals surface area contributed by atoms with E-state index in [2.05, 4.69) is 10.3 Å². The number of hydrogen-bond acceptors (Lipinski definition) is 3. The van der Waals surface area contributed by atoms with Crippen LogP contribution in [0.1, 0.15) is 49.1 Å². The largest absolute Gasteiger partial charge is 0.355 e. The molecule has 0 aromatic carbocycles. The molecule has 4 fully saturated rings. The van der Waals surface area contributed by atoms with Crippen LogP contribution in [0.2, 0.25) is 0 Å². The van der Waals surface area contributed by atoms with Crippen molar-refractivity contribution in [2.75, 3.05) is 6.54 Å². The van der Waals surface area contributed by atoms with Gasteiger partial charge < -0.3 is 10.3 Å². The number of amides is 1. The average molecular weight is 337 g/mol. The molecule has 0 spiro atoms. The van der Waals surface area contributed by atoms with Gasteiger partial charge in [-0.1, -0.05) is 0 Å². The third-order valence-electron chi connectivity index (χ3n) is 6.07. The zero-order valence-electron chi connectivity index (χ0n) is 13.1. The standard InChI is InChI=1S/C17H24N2OS2/c1-10-14(22-16(21)19-10)5-15(20)18-9-17-6-11-2-12(7-17)4-13(3-11)8-17/h11-13H,2-9H2,1H3,(H,18,20)(H,19,21). The molecule has 5 rings (SSSR count). The lowest BCUT2D eigenvalue weighted by Gasteiger charge is -2.56. The molecular weight excluding hydrogens is 312 g/mol. The van der Waals surface area contributed by atoms with Gasteiger partial charge in [-0.3, -0.25) is 4.79 Å². The van der Waals surface area contributed by atoms with Crippen molar-refractivity contribution in [1.29, 1.82) is 0 Å². The smallest absolute Gasteiger partial charge is 0.225 e. The van der Waals surface area contributed by atoms with E-state index in [9.17, 15) is 4.79 Å². The predicted molar refractivity (Wildman–Crippen MR) is 91.6 cm³/mol. The zero-order valence-corrected chi connectivity index (χ0v) is 14.7. The Hall–Kier alpha value is -0.680. The molecule has 0 atom stereocenters. The Kier molecular flexibility index (Phi) is 3.68. The van der Waals surface area contributed by atoms with Crippen molar-refractivity contribution >= 4 is 29.5 Å². The number of carbonyl (C=O) groups excluding carboxylic acids is 1. The lowest BCUT2D eigenvalue weighted by atomic mass is 9.49. The summed E-state index contributed by atoms with van der Waals surface area (Å²) in [6.07, 6.45) is 8.89. The van der Waals surface area contributed by atoms with E-state index in [4.69, 9.17) is 12.2 Å². The molecule has 2 N–H and O–H groups in total. The van der Waals surface area contributed by atoms with Crippen molar-refractivity contribution in [2.45, 2.75) is 51.9 Å². The molecule has 1 heterocycles. The summed E-state index contributed by atoms with van der Waals surface area (Å²) in [5.74, 6) is 2.99. The molecule has 4 saturated carbocycles. The van der Waals surface area contributed by atoms with Crippen LogP contribution in [0.15, 0.2) is 0 Å². The molecule has 0 radical (unpaired) electrons. The number of aromatic nitrogens is 1. The average Bonchev–Trinajstić information content (AvgIpc) is 2.73. The molecule has 120 valence electrons. The minimum absolute atomic E-state index is 0.157. The number of nitrogens with one attached hydrogen (secondary N) is 2. The van der Waals surface area contributed by atoms with E-state index in [0.29, 0.717) is 11.8 Å². The van der Waals surface area contributed by atoms with Crippen LogP contribution in [-0.4, -0.2) is 17.4 Å². The van der Waals surface area contributed by atoms with Crippen molar-refractivity contribution in [3.05, 3.63) is 14.5 Å². The van der Waals surface area contributed by atoms with Crippen molar-refractivity contribution in [2.24, 2.45) is 23.2 Å². The molecule has 4 aliphatic rings. The lowest BCUT2D eigenvalue weighted by molar-refractivity contribution is -0.122. The predicted octanol–water partition coefficient (Wildman–Crippen LogP) is 3.99. The van der Waals surface area contributed by atoms with Gasteiger partial charge in [-0.15, -0.1) is 11.3 Å². The van der Waals surface area contributed by atoms with Gasteiger partial charge in [0.1, 0.15) is 0 Å². The van der Waals surface area contributed by atoms with Crippen molar-refractivity contribution in [1.82, 2.24) is 10.3 Å². The van der Waals surface area contributed by atoms with Gasteiger partial charge in [-0.2, -0.15) is 0 Å². The monoisotopic (exact) mass is 336 g/mol. The highest BCUT2D eigenvalue weighted by molar-refractivity contribution is 7.73. The van der Waals surface area contributed by atoms with Crippen molar-refractivity contribution in [3.63, 3.8) is 0 Å². The second-order valence-electron chi connectivity index (χ2n) is 7.93. The number of carbonyl (C=O) groups is 1. The fourth-order valence-corrected chi connectivity index (χ4v) is 6.90. The molecule has 22 heavy (non-hydrogen) atoms. The minimum Gasteiger partial charge on any atom is -0.355 e. The van der Waals surface area contributed by atoms with Crippen LogP contribution in [0.5, 0.6) is 0 Å². The third kappa shape index (κ3) is 2.78. The first-order chi connectivity index (χ1) is 10.5. The summed E-state index contributed by atoms with van der Waals surface area (Å²) in [6.45, 7) is 2.89. The third-order valence-corrected chi connectivity index (χ3v) is 7.41. The molecule has 1 aromatic heterocycles. The van der Waals surface area contributed by atoms with Gasteiger partial charge in [0, 0.05) is 17.1 Å². The quantitative estimate of drug-likeness (QED) is 0.817. The fraction of sp³-hybridized carbons (Fsp3) is 0.765. The highest BCUT2D eigenvalue weighted by Gasteiger charge is 2.50. The van der Waals surface area contributed by atoms with Crippen LogP contribution in [-0.2, 0) is 11.2 Å². The maximum Gasteiger partial charge on any atom is 0.225 e. The molecule has 0 saturated heterocycles. The van der Waals surface area contributed by atoms with E-state index in [1.807, 2.05) is 6.92 Å². The summed E-state index contributed by atoms with van der Waals surface area (Å²) in [5, 5.41) is 3.24. The number of thiazole rings is 1. The van der Waals surface area contributed by atoms with Crippen LogP contribution in [0.3, 0.4) is 0 Å². The molecule has 4 bridgehead atoms. The maximum absolute atomic E-state index is 12.3. The van der Waals surface area contributed by atoms with E-state index in [-0.39, 0.29) is 5.91 Å². The van der Waals surface area contributed by atoms with Crippen LogP contribution in [0, 0.1) is 34.0 Å². The van der Waals surface area contributed by atoms with Gasteiger partial charge >= 0.3 is 0 Å². The van der Waals surface area contributed by atoms with Gasteiger partial charge in [-0.05, 0) is 80.8 Å². The summed E-state index contributed by atoms with van der Waals surface area (Å²) < 4.78 is 0.765. The Morgan fingerprint density at radius 1 is 1.27 bits per heavy atom. The summed E-state index contributed by atoms with van der Waals surface area (Å²) in [7, 11) is 0. The highest BCUT2D eigenvalue weighted by atomic mass is 32.1. The summed E-state index contributed by atoms with van der Waals surface area (Å²) in [6, 6.07) is 0. The number of H-pyrrole nitrogens is 1. The number of aryl methyl sites for hydroxylation is 1. The first-order valence-electron chi connectivity index (χ1n) is 8.47. The molecule has 0 unspecified atom stereocenters. The van der Waals surface area contributed by atoms with E-state index in [0.717, 1.165) is 38.8 Å². The SMILES string of the molecule is Cc1[nH]c(=S)sc1CC(=O)NCC12CC3CC(CC(C3)C1)C2. The van der Waals surface area contributed by atoms with Gasteiger partial charge in [0.15, 0.2) is 3.95 Å². The molecular formula is C17H24N2OS2. The van der Waals surface area contributed by atoms with E-state index < -0.39 is 0 Å². The van der Waals surface area contributed by atoms with Crippen LogP contribution < -0.4 is 5.32 Å². The Morgan fingerprint density at radius 3 is 2.36 bits per heavy atom. The maximum atomic E-state index is 12.3. The molecule has 3 nitrogen and oxygen atoms in total. The number of hydrogen-bond donors (Lipinski definition) is 2. The Morgan fingerprint density at radius 2 is 1.86 bits per heavy atom. The topological polar surface area (TPSA) is 44.9 Å². The van der Waals surface area contributed by atoms with E-state index in [1.54, 1.807) is 0 Å². The van der Waals surface area contributed by atoms with Gasteiger partial charge in [0.2, 0.25) is 5.91 Å². The number of aromatic amines is 1. The summed E-state index contributed by atoms with van der Waals surface area (Å²) in [4.78, 5) is 16.5. The van der Waals surface area contributed by atoms with Crippen LogP contribution in [0.4, 0.5) is 0 Å². The minimum atomic E-state index is 0.157. The fourth-order valence-electron chi connectivity index (χ4n) is 5.61. The van der Waals surface area contributed by atoms with Gasteiger partial charge in [0.25, 0.3) is 0 Å².